The van der Waals surface area contributed by atoms with Crippen molar-refractivity contribution < 1.29 is 23.9 Å². The van der Waals surface area contributed by atoms with Crippen LogP contribution in [0.4, 0.5) is 5.69 Å². The van der Waals surface area contributed by atoms with E-state index in [2.05, 4.69) is 0 Å². The van der Waals surface area contributed by atoms with E-state index in [0.29, 0.717) is 17.0 Å². The topological polar surface area (TPSA) is 88.5 Å². The highest BCUT2D eigenvalue weighted by Crippen LogP contribution is 2.54. The van der Waals surface area contributed by atoms with Gasteiger partial charge in [-0.25, -0.2) is 9.59 Å². The van der Waals surface area contributed by atoms with Gasteiger partial charge in [0.1, 0.15) is 5.70 Å². The first-order chi connectivity index (χ1) is 20.2. The minimum Gasteiger partial charge on any atom is -0.463 e. The Labute approximate surface area is 246 Å². The SMILES string of the molecule is CCOC(=O)C1=C(C(=O)OCC)N(Cc2ccccc2)C2(C(=O)N(c3ccccc3)N=C2C)C1c1ccc(C)c(C)c1. The van der Waals surface area contributed by atoms with Crippen LogP contribution in [0.25, 0.3) is 0 Å². The summed E-state index contributed by atoms with van der Waals surface area (Å²) < 4.78 is 11.1. The summed E-state index contributed by atoms with van der Waals surface area (Å²) in [7, 11) is 0. The Morgan fingerprint density at radius 3 is 2.07 bits per heavy atom. The summed E-state index contributed by atoms with van der Waals surface area (Å²) in [6.45, 7) is 9.53. The van der Waals surface area contributed by atoms with Crippen molar-refractivity contribution in [1.29, 1.82) is 0 Å². The molecule has 1 spiro atoms. The van der Waals surface area contributed by atoms with Gasteiger partial charge < -0.3 is 14.4 Å². The zero-order valence-corrected chi connectivity index (χ0v) is 24.6. The van der Waals surface area contributed by atoms with Gasteiger partial charge in [0, 0.05) is 6.54 Å². The maximum absolute atomic E-state index is 15.0. The Bertz CT molecular complexity index is 1580. The van der Waals surface area contributed by atoms with Crippen LogP contribution in [0.15, 0.2) is 95.2 Å². The molecule has 42 heavy (non-hydrogen) atoms. The maximum Gasteiger partial charge on any atom is 0.355 e. The van der Waals surface area contributed by atoms with Gasteiger partial charge in [0.25, 0.3) is 5.91 Å². The number of carbonyl (C=O) groups is 3. The maximum atomic E-state index is 15.0. The van der Waals surface area contributed by atoms with E-state index in [-0.39, 0.29) is 36.9 Å². The lowest BCUT2D eigenvalue weighted by Gasteiger charge is -2.40. The van der Waals surface area contributed by atoms with Crippen LogP contribution < -0.4 is 5.01 Å². The van der Waals surface area contributed by atoms with E-state index in [1.54, 1.807) is 37.8 Å². The average Bonchev–Trinajstić information content (AvgIpc) is 3.43. The molecule has 2 unspecified atom stereocenters. The first-order valence-corrected chi connectivity index (χ1v) is 14.2. The molecule has 2 aliphatic rings. The predicted molar refractivity (Wildman–Crippen MR) is 161 cm³/mol. The monoisotopic (exact) mass is 565 g/mol. The Kier molecular flexibility index (Phi) is 7.98. The van der Waals surface area contributed by atoms with Crippen LogP contribution in [0.5, 0.6) is 0 Å². The number of amides is 1. The number of ether oxygens (including phenoxy) is 2. The van der Waals surface area contributed by atoms with Crippen LogP contribution in [0.3, 0.4) is 0 Å². The van der Waals surface area contributed by atoms with Crippen LogP contribution in [0, 0.1) is 13.8 Å². The van der Waals surface area contributed by atoms with Gasteiger partial charge in [-0.1, -0.05) is 66.7 Å². The van der Waals surface area contributed by atoms with Gasteiger partial charge in [-0.15, -0.1) is 0 Å². The molecule has 0 saturated carbocycles. The number of rotatable bonds is 8. The molecule has 2 heterocycles. The average molecular weight is 566 g/mol. The van der Waals surface area contributed by atoms with Gasteiger partial charge >= 0.3 is 11.9 Å². The molecule has 8 heteroatoms. The van der Waals surface area contributed by atoms with Gasteiger partial charge in [0.2, 0.25) is 0 Å². The van der Waals surface area contributed by atoms with Crippen LogP contribution in [0.2, 0.25) is 0 Å². The van der Waals surface area contributed by atoms with E-state index in [0.717, 1.165) is 16.7 Å². The largest absolute Gasteiger partial charge is 0.463 e. The lowest BCUT2D eigenvalue weighted by atomic mass is 9.73. The van der Waals surface area contributed by atoms with Crippen molar-refractivity contribution >= 4 is 29.2 Å². The second kappa shape index (κ2) is 11.6. The summed E-state index contributed by atoms with van der Waals surface area (Å²) in [6.07, 6.45) is 0. The van der Waals surface area contributed by atoms with E-state index in [1.165, 1.54) is 5.01 Å². The Hall–Kier alpha value is -4.72. The number of esters is 2. The Balaban J connectivity index is 1.85. The summed E-state index contributed by atoms with van der Waals surface area (Å²) in [5.41, 5.74) is 3.21. The molecule has 3 aromatic carbocycles. The van der Waals surface area contributed by atoms with Crippen LogP contribution >= 0.6 is 0 Å². The molecule has 0 bridgehead atoms. The van der Waals surface area contributed by atoms with Gasteiger partial charge in [-0.2, -0.15) is 10.1 Å². The number of benzene rings is 3. The predicted octanol–water partition coefficient (Wildman–Crippen LogP) is 5.44. The van der Waals surface area contributed by atoms with Crippen molar-refractivity contribution in [2.24, 2.45) is 5.10 Å². The fraction of sp³-hybridized carbons (Fsp3) is 0.294. The number of para-hydroxylation sites is 1. The quantitative estimate of drug-likeness (QED) is 0.338. The summed E-state index contributed by atoms with van der Waals surface area (Å²) in [4.78, 5) is 44.5. The third-order valence-electron chi connectivity index (χ3n) is 7.99. The van der Waals surface area contributed by atoms with E-state index in [4.69, 9.17) is 14.6 Å². The van der Waals surface area contributed by atoms with Gasteiger partial charge in [0.15, 0.2) is 5.54 Å². The molecular formula is C34H35N3O5. The molecule has 0 aromatic heterocycles. The van der Waals surface area contributed by atoms with Crippen LogP contribution in [-0.2, 0) is 30.4 Å². The molecule has 8 nitrogen and oxygen atoms in total. The number of hydrogen-bond donors (Lipinski definition) is 0. The second-order valence-corrected chi connectivity index (χ2v) is 10.5. The second-order valence-electron chi connectivity index (χ2n) is 10.5. The van der Waals surface area contributed by atoms with E-state index < -0.39 is 23.4 Å². The summed E-state index contributed by atoms with van der Waals surface area (Å²) in [6, 6.07) is 24.5. The number of carbonyl (C=O) groups excluding carboxylic acids is 3. The Morgan fingerprint density at radius 1 is 0.833 bits per heavy atom. The van der Waals surface area contributed by atoms with Crippen molar-refractivity contribution in [1.82, 2.24) is 4.90 Å². The molecule has 0 aliphatic carbocycles. The lowest BCUT2D eigenvalue weighted by molar-refractivity contribution is -0.143. The number of anilines is 1. The highest BCUT2D eigenvalue weighted by molar-refractivity contribution is 6.26. The third kappa shape index (κ3) is 4.66. The standard InChI is InChI=1S/C34H35N3O5/c1-6-41-31(38)28-29(26-19-18-22(3)23(4)20-26)34(24(5)35-37(33(34)40)27-16-12-9-13-17-27)36(30(28)32(39)42-7-2)21-25-14-10-8-11-15-25/h8-20,29H,6-7,21H2,1-5H3. The molecule has 0 radical (unpaired) electrons. The molecular weight excluding hydrogens is 530 g/mol. The molecule has 0 N–H and O–H groups in total. The molecule has 5 rings (SSSR count). The highest BCUT2D eigenvalue weighted by atomic mass is 16.5. The minimum absolute atomic E-state index is 0.0141. The molecule has 2 atom stereocenters. The number of nitrogens with zero attached hydrogens (tertiary/aromatic N) is 3. The fourth-order valence-electron chi connectivity index (χ4n) is 5.96. The first-order valence-electron chi connectivity index (χ1n) is 14.2. The van der Waals surface area contributed by atoms with Crippen LogP contribution in [-0.4, -0.2) is 47.2 Å². The molecule has 216 valence electrons. The number of hydrogen-bond acceptors (Lipinski definition) is 7. The summed E-state index contributed by atoms with van der Waals surface area (Å²) >= 11 is 0. The van der Waals surface area contributed by atoms with Gasteiger partial charge in [0.05, 0.1) is 36.1 Å². The van der Waals surface area contributed by atoms with E-state index >= 15 is 0 Å². The van der Waals surface area contributed by atoms with E-state index in [1.807, 2.05) is 80.6 Å². The van der Waals surface area contributed by atoms with Crippen molar-refractivity contribution in [2.45, 2.75) is 52.6 Å². The van der Waals surface area contributed by atoms with Gasteiger partial charge in [-0.3, -0.25) is 4.79 Å². The van der Waals surface area contributed by atoms with Crippen molar-refractivity contribution in [3.05, 3.63) is 112 Å². The zero-order chi connectivity index (χ0) is 30.0. The summed E-state index contributed by atoms with van der Waals surface area (Å²) in [5, 5.41) is 6.16. The van der Waals surface area contributed by atoms with Gasteiger partial charge in [-0.05, 0) is 69.0 Å². The lowest BCUT2D eigenvalue weighted by Crippen LogP contribution is -2.59. The molecule has 0 saturated heterocycles. The molecule has 0 fully saturated rings. The summed E-state index contributed by atoms with van der Waals surface area (Å²) in [5.74, 6) is -2.63. The third-order valence-corrected chi connectivity index (χ3v) is 7.99. The fourth-order valence-corrected chi connectivity index (χ4v) is 5.96. The molecule has 2 aliphatic heterocycles. The Morgan fingerprint density at radius 2 is 1.45 bits per heavy atom. The zero-order valence-electron chi connectivity index (χ0n) is 24.6. The molecule has 1 amide bonds. The van der Waals surface area contributed by atoms with Crippen LogP contribution in [0.1, 0.15) is 48.9 Å². The smallest absolute Gasteiger partial charge is 0.355 e. The normalized spacial score (nSPS) is 19.9. The minimum atomic E-state index is -1.54. The number of aryl methyl sites for hydroxylation is 2. The number of hydrazone groups is 1. The first kappa shape index (κ1) is 28.8. The highest BCUT2D eigenvalue weighted by Gasteiger charge is 2.67. The molecule has 3 aromatic rings. The van der Waals surface area contributed by atoms with Crippen molar-refractivity contribution in [3.63, 3.8) is 0 Å². The van der Waals surface area contributed by atoms with E-state index in [9.17, 15) is 14.4 Å². The van der Waals surface area contributed by atoms with Crippen molar-refractivity contribution in [2.75, 3.05) is 18.2 Å². The van der Waals surface area contributed by atoms with Crippen molar-refractivity contribution in [3.8, 4) is 0 Å².